The maximum absolute atomic E-state index is 13.2. The summed E-state index contributed by atoms with van der Waals surface area (Å²) < 4.78 is 18.8. The number of nitrogens with one attached hydrogen (secondary N) is 1. The summed E-state index contributed by atoms with van der Waals surface area (Å²) in [4.78, 5) is 11.9. The largest absolute Gasteiger partial charge is 0.481 e. The van der Waals surface area contributed by atoms with Gasteiger partial charge in [-0.1, -0.05) is 13.8 Å². The third kappa shape index (κ3) is 4.81. The minimum atomic E-state index is -0.656. The van der Waals surface area contributed by atoms with Gasteiger partial charge in [-0.15, -0.1) is 0 Å². The second-order valence-electron chi connectivity index (χ2n) is 5.37. The standard InChI is InChI=1S/C15H23FN2O2/c1-9(2)8-18-15(19)11(4)20-14-6-5-12(16)7-13(14)10(3)17/h5-7,9-11H,8,17H2,1-4H3,(H,18,19)/t10-,11?/m1/s1. The van der Waals surface area contributed by atoms with E-state index in [1.807, 2.05) is 13.8 Å². The van der Waals surface area contributed by atoms with E-state index in [1.165, 1.54) is 18.2 Å². The van der Waals surface area contributed by atoms with Gasteiger partial charge < -0.3 is 15.8 Å². The Morgan fingerprint density at radius 2 is 2.00 bits per heavy atom. The van der Waals surface area contributed by atoms with E-state index in [-0.39, 0.29) is 17.8 Å². The van der Waals surface area contributed by atoms with Crippen LogP contribution in [0, 0.1) is 11.7 Å². The van der Waals surface area contributed by atoms with Gasteiger partial charge >= 0.3 is 0 Å². The maximum atomic E-state index is 13.2. The second kappa shape index (κ2) is 7.24. The van der Waals surface area contributed by atoms with Crippen LogP contribution in [0.25, 0.3) is 0 Å². The monoisotopic (exact) mass is 282 g/mol. The molecule has 1 unspecified atom stereocenters. The zero-order chi connectivity index (χ0) is 15.3. The zero-order valence-electron chi connectivity index (χ0n) is 12.4. The SMILES string of the molecule is CC(C)CNC(=O)C(C)Oc1ccc(F)cc1[C@@H](C)N. The molecule has 0 radical (unpaired) electrons. The van der Waals surface area contributed by atoms with Gasteiger partial charge in [0.25, 0.3) is 5.91 Å². The lowest BCUT2D eigenvalue weighted by Crippen LogP contribution is -2.38. The lowest BCUT2D eigenvalue weighted by Gasteiger charge is -2.19. The van der Waals surface area contributed by atoms with Crippen LogP contribution < -0.4 is 15.8 Å². The van der Waals surface area contributed by atoms with Crippen molar-refractivity contribution in [1.82, 2.24) is 5.32 Å². The highest BCUT2D eigenvalue weighted by Gasteiger charge is 2.18. The van der Waals surface area contributed by atoms with Crippen molar-refractivity contribution in [2.24, 2.45) is 11.7 Å². The lowest BCUT2D eigenvalue weighted by molar-refractivity contribution is -0.127. The molecule has 1 rings (SSSR count). The Balaban J connectivity index is 2.75. The predicted octanol–water partition coefficient (Wildman–Crippen LogP) is 2.38. The van der Waals surface area contributed by atoms with Crippen molar-refractivity contribution in [3.63, 3.8) is 0 Å². The fourth-order valence-corrected chi connectivity index (χ4v) is 1.67. The fourth-order valence-electron chi connectivity index (χ4n) is 1.67. The predicted molar refractivity (Wildman–Crippen MR) is 76.9 cm³/mol. The van der Waals surface area contributed by atoms with Gasteiger partial charge in [-0.2, -0.15) is 0 Å². The van der Waals surface area contributed by atoms with Gasteiger partial charge in [0.2, 0.25) is 0 Å². The molecule has 1 aromatic carbocycles. The van der Waals surface area contributed by atoms with Gasteiger partial charge in [-0.3, -0.25) is 4.79 Å². The summed E-state index contributed by atoms with van der Waals surface area (Å²) in [5.74, 6) is 0.241. The van der Waals surface area contributed by atoms with E-state index in [1.54, 1.807) is 13.8 Å². The van der Waals surface area contributed by atoms with Crippen LogP contribution in [0.3, 0.4) is 0 Å². The molecule has 20 heavy (non-hydrogen) atoms. The first kappa shape index (κ1) is 16.4. The third-order valence-corrected chi connectivity index (χ3v) is 2.82. The van der Waals surface area contributed by atoms with E-state index in [0.717, 1.165) is 0 Å². The van der Waals surface area contributed by atoms with Crippen LogP contribution in [0.5, 0.6) is 5.75 Å². The minimum absolute atomic E-state index is 0.196. The number of benzene rings is 1. The first-order chi connectivity index (χ1) is 9.31. The van der Waals surface area contributed by atoms with Crippen molar-refractivity contribution in [2.45, 2.75) is 39.8 Å². The molecule has 0 aliphatic heterocycles. The van der Waals surface area contributed by atoms with Crippen LogP contribution in [0.4, 0.5) is 4.39 Å². The van der Waals surface area contributed by atoms with E-state index >= 15 is 0 Å². The smallest absolute Gasteiger partial charge is 0.260 e. The average Bonchev–Trinajstić information content (AvgIpc) is 2.37. The van der Waals surface area contributed by atoms with E-state index in [4.69, 9.17) is 10.5 Å². The van der Waals surface area contributed by atoms with Gasteiger partial charge in [-0.05, 0) is 38.0 Å². The van der Waals surface area contributed by atoms with Crippen LogP contribution in [-0.2, 0) is 4.79 Å². The van der Waals surface area contributed by atoms with E-state index in [9.17, 15) is 9.18 Å². The van der Waals surface area contributed by atoms with Crippen LogP contribution in [0.2, 0.25) is 0 Å². The van der Waals surface area contributed by atoms with Crippen LogP contribution in [0.1, 0.15) is 39.3 Å². The van der Waals surface area contributed by atoms with Crippen LogP contribution in [0.15, 0.2) is 18.2 Å². The summed E-state index contributed by atoms with van der Waals surface area (Å²) in [6.07, 6.45) is -0.656. The van der Waals surface area contributed by atoms with Crippen molar-refractivity contribution >= 4 is 5.91 Å². The Labute approximate surface area is 119 Å². The van der Waals surface area contributed by atoms with Gasteiger partial charge in [0.1, 0.15) is 11.6 Å². The molecule has 5 heteroatoms. The third-order valence-electron chi connectivity index (χ3n) is 2.82. The molecule has 0 aromatic heterocycles. The van der Waals surface area contributed by atoms with Gasteiger partial charge in [0, 0.05) is 18.2 Å². The average molecular weight is 282 g/mol. The highest BCUT2D eigenvalue weighted by atomic mass is 19.1. The fraction of sp³-hybridized carbons (Fsp3) is 0.533. The number of carbonyl (C=O) groups is 1. The Bertz CT molecular complexity index is 461. The van der Waals surface area contributed by atoms with Crippen molar-refractivity contribution in [3.05, 3.63) is 29.6 Å². The molecular formula is C15H23FN2O2. The number of hydrogen-bond donors (Lipinski definition) is 2. The molecule has 0 fully saturated rings. The number of rotatable bonds is 6. The van der Waals surface area contributed by atoms with E-state index < -0.39 is 6.10 Å². The topological polar surface area (TPSA) is 64.3 Å². The van der Waals surface area contributed by atoms with Gasteiger partial charge in [-0.25, -0.2) is 4.39 Å². The molecule has 112 valence electrons. The maximum Gasteiger partial charge on any atom is 0.260 e. The number of amides is 1. The molecular weight excluding hydrogens is 259 g/mol. The van der Waals surface area contributed by atoms with Crippen molar-refractivity contribution in [1.29, 1.82) is 0 Å². The summed E-state index contributed by atoms with van der Waals surface area (Å²) in [6, 6.07) is 3.76. The molecule has 0 aliphatic rings. The summed E-state index contributed by atoms with van der Waals surface area (Å²) in [7, 11) is 0. The summed E-state index contributed by atoms with van der Waals surface area (Å²) in [6.45, 7) is 8.02. The first-order valence-corrected chi connectivity index (χ1v) is 6.80. The molecule has 0 spiro atoms. The van der Waals surface area contributed by atoms with Crippen LogP contribution >= 0.6 is 0 Å². The zero-order valence-corrected chi connectivity index (χ0v) is 12.4. The van der Waals surface area contributed by atoms with Crippen molar-refractivity contribution in [3.8, 4) is 5.75 Å². The molecule has 3 N–H and O–H groups in total. The summed E-state index contributed by atoms with van der Waals surface area (Å²) in [5.41, 5.74) is 6.34. The highest BCUT2D eigenvalue weighted by molar-refractivity contribution is 5.80. The molecule has 4 nitrogen and oxygen atoms in total. The molecule has 0 heterocycles. The molecule has 1 amide bonds. The first-order valence-electron chi connectivity index (χ1n) is 6.80. The Morgan fingerprint density at radius 3 is 2.55 bits per heavy atom. The number of nitrogens with two attached hydrogens (primary N) is 1. The number of carbonyl (C=O) groups excluding carboxylic acids is 1. The Hall–Kier alpha value is -1.62. The van der Waals surface area contributed by atoms with Crippen molar-refractivity contribution in [2.75, 3.05) is 6.54 Å². The number of ether oxygens (including phenoxy) is 1. The molecule has 0 saturated carbocycles. The van der Waals surface area contributed by atoms with Crippen LogP contribution in [-0.4, -0.2) is 18.6 Å². The van der Waals surface area contributed by atoms with Gasteiger partial charge in [0.05, 0.1) is 0 Å². The lowest BCUT2D eigenvalue weighted by atomic mass is 10.1. The molecule has 1 aromatic rings. The highest BCUT2D eigenvalue weighted by Crippen LogP contribution is 2.25. The summed E-state index contributed by atoms with van der Waals surface area (Å²) in [5, 5.41) is 2.79. The molecule has 0 saturated heterocycles. The molecule has 0 bridgehead atoms. The quantitative estimate of drug-likeness (QED) is 0.842. The van der Waals surface area contributed by atoms with Crippen molar-refractivity contribution < 1.29 is 13.9 Å². The van der Waals surface area contributed by atoms with E-state index in [0.29, 0.717) is 23.8 Å². The van der Waals surface area contributed by atoms with E-state index in [2.05, 4.69) is 5.32 Å². The Kier molecular flexibility index (Phi) is 5.95. The molecule has 2 atom stereocenters. The Morgan fingerprint density at radius 1 is 1.35 bits per heavy atom. The minimum Gasteiger partial charge on any atom is -0.481 e. The second-order valence-corrected chi connectivity index (χ2v) is 5.37. The van der Waals surface area contributed by atoms with Gasteiger partial charge in [0.15, 0.2) is 6.10 Å². The molecule has 0 aliphatic carbocycles. The number of hydrogen-bond acceptors (Lipinski definition) is 3. The summed E-state index contributed by atoms with van der Waals surface area (Å²) >= 11 is 0. The number of halogens is 1. The normalized spacial score (nSPS) is 13.9.